The summed E-state index contributed by atoms with van der Waals surface area (Å²) in [5.74, 6) is 1.04. The predicted molar refractivity (Wildman–Crippen MR) is 79.8 cm³/mol. The summed E-state index contributed by atoms with van der Waals surface area (Å²) in [7, 11) is 0. The molecular weight excluding hydrogens is 276 g/mol. The van der Waals surface area contributed by atoms with Crippen LogP contribution in [0.3, 0.4) is 0 Å². The predicted octanol–water partition coefficient (Wildman–Crippen LogP) is 1.37. The summed E-state index contributed by atoms with van der Waals surface area (Å²) in [6.45, 7) is -0.203. The third kappa shape index (κ3) is 5.34. The second-order valence-electron chi connectivity index (χ2n) is 3.99. The lowest BCUT2D eigenvalue weighted by Gasteiger charge is -2.17. The molecule has 0 bridgehead atoms. The molecule has 0 fully saturated rings. The zero-order valence-electron chi connectivity index (χ0n) is 11.1. The maximum Gasteiger partial charge on any atom is 0.317 e. The number of carboxylic acids is 1. The molecule has 0 aliphatic heterocycles. The second kappa shape index (κ2) is 8.25. The molecule has 6 heteroatoms. The lowest BCUT2D eigenvalue weighted by Crippen LogP contribution is -2.37. The Kier molecular flexibility index (Phi) is 6.64. The van der Waals surface area contributed by atoms with Gasteiger partial charge in [-0.1, -0.05) is 18.1 Å². The number of benzene rings is 1. The summed E-state index contributed by atoms with van der Waals surface area (Å²) >= 11 is 1.52. The molecule has 0 spiro atoms. The van der Waals surface area contributed by atoms with Crippen LogP contribution in [0.25, 0.3) is 0 Å². The highest BCUT2D eigenvalue weighted by Crippen LogP contribution is 2.24. The molecular formula is C14H16N2O3S. The standard InChI is InChI=1S/C14H16N2O3S/c1-3-8-16(10-14(18)19)9-13(17)15-11-6-4-5-7-12(11)20-2/h1,4-7H,8-10H2,2H3,(H,15,17)(H,18,19). The summed E-state index contributed by atoms with van der Waals surface area (Å²) in [4.78, 5) is 24.9. The molecule has 0 aliphatic carbocycles. The van der Waals surface area contributed by atoms with Crippen molar-refractivity contribution in [2.45, 2.75) is 4.90 Å². The van der Waals surface area contributed by atoms with Gasteiger partial charge in [0.15, 0.2) is 0 Å². The molecule has 1 rings (SSSR count). The number of carbonyl (C=O) groups excluding carboxylic acids is 1. The van der Waals surface area contributed by atoms with Crippen molar-refractivity contribution in [1.82, 2.24) is 4.90 Å². The van der Waals surface area contributed by atoms with Crippen LogP contribution in [-0.4, -0.2) is 47.8 Å². The first-order valence-corrected chi connectivity index (χ1v) is 7.09. The number of rotatable bonds is 7. The Morgan fingerprint density at radius 2 is 2.10 bits per heavy atom. The Hall–Kier alpha value is -1.97. The van der Waals surface area contributed by atoms with E-state index in [-0.39, 0.29) is 25.5 Å². The highest BCUT2D eigenvalue weighted by Gasteiger charge is 2.14. The Morgan fingerprint density at radius 3 is 2.70 bits per heavy atom. The van der Waals surface area contributed by atoms with E-state index < -0.39 is 5.97 Å². The maximum absolute atomic E-state index is 11.9. The van der Waals surface area contributed by atoms with E-state index in [1.165, 1.54) is 16.7 Å². The molecule has 0 saturated carbocycles. The van der Waals surface area contributed by atoms with Crippen LogP contribution in [-0.2, 0) is 9.59 Å². The molecule has 0 radical (unpaired) electrons. The van der Waals surface area contributed by atoms with Crippen LogP contribution in [0.1, 0.15) is 0 Å². The minimum absolute atomic E-state index is 0.0563. The van der Waals surface area contributed by atoms with Crippen LogP contribution in [0.4, 0.5) is 5.69 Å². The van der Waals surface area contributed by atoms with Gasteiger partial charge in [-0.15, -0.1) is 18.2 Å². The minimum Gasteiger partial charge on any atom is -0.480 e. The fourth-order valence-corrected chi connectivity index (χ4v) is 2.18. The molecule has 0 atom stereocenters. The second-order valence-corrected chi connectivity index (χ2v) is 4.84. The maximum atomic E-state index is 11.9. The molecule has 0 heterocycles. The zero-order chi connectivity index (χ0) is 15.0. The third-order valence-corrected chi connectivity index (χ3v) is 3.22. The van der Waals surface area contributed by atoms with Gasteiger partial charge in [0.05, 0.1) is 25.3 Å². The summed E-state index contributed by atoms with van der Waals surface area (Å²) in [6.07, 6.45) is 7.08. The summed E-state index contributed by atoms with van der Waals surface area (Å²) in [5.41, 5.74) is 0.709. The van der Waals surface area contributed by atoms with Gasteiger partial charge in [-0.3, -0.25) is 14.5 Å². The van der Waals surface area contributed by atoms with Crippen molar-refractivity contribution >= 4 is 29.3 Å². The average molecular weight is 292 g/mol. The SMILES string of the molecule is C#CCN(CC(=O)O)CC(=O)Nc1ccccc1SC. The van der Waals surface area contributed by atoms with Crippen molar-refractivity contribution < 1.29 is 14.7 Å². The smallest absolute Gasteiger partial charge is 0.317 e. The van der Waals surface area contributed by atoms with Crippen molar-refractivity contribution in [2.24, 2.45) is 0 Å². The van der Waals surface area contributed by atoms with Crippen LogP contribution in [0.2, 0.25) is 0 Å². The fourth-order valence-electron chi connectivity index (χ4n) is 1.63. The van der Waals surface area contributed by atoms with E-state index in [4.69, 9.17) is 11.5 Å². The third-order valence-electron chi connectivity index (χ3n) is 2.42. The van der Waals surface area contributed by atoms with Gasteiger partial charge in [-0.05, 0) is 18.4 Å². The molecule has 1 amide bonds. The van der Waals surface area contributed by atoms with Gasteiger partial charge in [0.2, 0.25) is 5.91 Å². The number of hydrogen-bond acceptors (Lipinski definition) is 4. The first kappa shape index (κ1) is 16.1. The number of amides is 1. The van der Waals surface area contributed by atoms with Gasteiger partial charge in [0.1, 0.15) is 0 Å². The van der Waals surface area contributed by atoms with Crippen molar-refractivity contribution in [3.63, 3.8) is 0 Å². The molecule has 0 unspecified atom stereocenters. The highest BCUT2D eigenvalue weighted by molar-refractivity contribution is 7.98. The van der Waals surface area contributed by atoms with Crippen molar-refractivity contribution in [3.8, 4) is 12.3 Å². The Balaban J connectivity index is 2.65. The number of carbonyl (C=O) groups is 2. The largest absolute Gasteiger partial charge is 0.480 e. The number of nitrogens with zero attached hydrogens (tertiary/aromatic N) is 1. The highest BCUT2D eigenvalue weighted by atomic mass is 32.2. The van der Waals surface area contributed by atoms with Gasteiger partial charge in [-0.25, -0.2) is 0 Å². The first-order valence-electron chi connectivity index (χ1n) is 5.87. The number of para-hydroxylation sites is 1. The number of aliphatic carboxylic acids is 1. The Bertz CT molecular complexity index is 525. The van der Waals surface area contributed by atoms with E-state index in [0.717, 1.165) is 4.90 Å². The number of nitrogens with one attached hydrogen (secondary N) is 1. The number of hydrogen-bond donors (Lipinski definition) is 2. The minimum atomic E-state index is -1.02. The van der Waals surface area contributed by atoms with E-state index in [2.05, 4.69) is 11.2 Å². The quantitative estimate of drug-likeness (QED) is 0.587. The molecule has 0 saturated heterocycles. The molecule has 0 aromatic heterocycles. The number of terminal acetylenes is 1. The van der Waals surface area contributed by atoms with Crippen LogP contribution in [0.15, 0.2) is 29.2 Å². The normalized spacial score (nSPS) is 10.1. The van der Waals surface area contributed by atoms with Crippen LogP contribution in [0.5, 0.6) is 0 Å². The van der Waals surface area contributed by atoms with E-state index >= 15 is 0 Å². The monoisotopic (exact) mass is 292 g/mol. The molecule has 1 aromatic carbocycles. The van der Waals surface area contributed by atoms with Crippen molar-refractivity contribution in [3.05, 3.63) is 24.3 Å². The van der Waals surface area contributed by atoms with E-state index in [9.17, 15) is 9.59 Å². The van der Waals surface area contributed by atoms with Gasteiger partial charge in [0, 0.05) is 4.90 Å². The number of anilines is 1. The number of thioether (sulfide) groups is 1. The fraction of sp³-hybridized carbons (Fsp3) is 0.286. The molecule has 1 aromatic rings. The van der Waals surface area contributed by atoms with Gasteiger partial charge in [0.25, 0.3) is 0 Å². The van der Waals surface area contributed by atoms with Crippen molar-refractivity contribution in [1.29, 1.82) is 0 Å². The van der Waals surface area contributed by atoms with Crippen molar-refractivity contribution in [2.75, 3.05) is 31.2 Å². The Morgan fingerprint density at radius 1 is 1.40 bits per heavy atom. The Labute approximate surface area is 122 Å². The molecule has 106 valence electrons. The molecule has 5 nitrogen and oxygen atoms in total. The first-order chi connectivity index (χ1) is 9.56. The van der Waals surface area contributed by atoms with Gasteiger partial charge >= 0.3 is 5.97 Å². The summed E-state index contributed by atoms with van der Waals surface area (Å²) < 4.78 is 0. The van der Waals surface area contributed by atoms with E-state index in [0.29, 0.717) is 5.69 Å². The van der Waals surface area contributed by atoms with E-state index in [1.807, 2.05) is 24.5 Å². The molecule has 2 N–H and O–H groups in total. The van der Waals surface area contributed by atoms with Crippen LogP contribution >= 0.6 is 11.8 Å². The summed E-state index contributed by atoms with van der Waals surface area (Å²) in [6, 6.07) is 7.41. The molecule has 0 aliphatic rings. The lowest BCUT2D eigenvalue weighted by molar-refractivity contribution is -0.138. The van der Waals surface area contributed by atoms with Crippen LogP contribution in [0, 0.1) is 12.3 Å². The topological polar surface area (TPSA) is 69.6 Å². The molecule has 20 heavy (non-hydrogen) atoms. The number of carboxylic acid groups (broad SMARTS) is 1. The van der Waals surface area contributed by atoms with E-state index in [1.54, 1.807) is 6.07 Å². The lowest BCUT2D eigenvalue weighted by atomic mass is 10.3. The zero-order valence-corrected chi connectivity index (χ0v) is 11.9. The average Bonchev–Trinajstić information content (AvgIpc) is 2.38. The van der Waals surface area contributed by atoms with Gasteiger partial charge < -0.3 is 10.4 Å². The van der Waals surface area contributed by atoms with Crippen LogP contribution < -0.4 is 5.32 Å². The van der Waals surface area contributed by atoms with Gasteiger partial charge in [-0.2, -0.15) is 0 Å². The summed E-state index contributed by atoms with van der Waals surface area (Å²) in [5, 5.41) is 11.5.